The first kappa shape index (κ1) is 11.7. The molecule has 0 radical (unpaired) electrons. The van der Waals surface area contributed by atoms with Gasteiger partial charge in [-0.1, -0.05) is 11.8 Å². The van der Waals surface area contributed by atoms with E-state index in [0.717, 1.165) is 9.92 Å². The first-order chi connectivity index (χ1) is 8.15. The first-order valence-electron chi connectivity index (χ1n) is 5.19. The van der Waals surface area contributed by atoms with Crippen molar-refractivity contribution in [2.45, 2.75) is 9.92 Å². The molecule has 0 atom stereocenters. The van der Waals surface area contributed by atoms with Gasteiger partial charge in [-0.2, -0.15) is 0 Å². The van der Waals surface area contributed by atoms with Crippen molar-refractivity contribution in [2.24, 2.45) is 0 Å². The average Bonchev–Trinajstić information content (AvgIpc) is 2.33. The number of nitrogens with two attached hydrogens (primary N) is 1. The van der Waals surface area contributed by atoms with Gasteiger partial charge in [0.2, 0.25) is 0 Å². The molecule has 0 amide bonds. The summed E-state index contributed by atoms with van der Waals surface area (Å²) in [7, 11) is 4.04. The Bertz CT molecular complexity index is 479. The molecule has 4 nitrogen and oxygen atoms in total. The second-order valence-electron chi connectivity index (χ2n) is 3.79. The molecule has 0 saturated carbocycles. The van der Waals surface area contributed by atoms with Gasteiger partial charge in [0.05, 0.1) is 0 Å². The quantitative estimate of drug-likeness (QED) is 0.900. The first-order valence-corrected chi connectivity index (χ1v) is 6.01. The largest absolute Gasteiger partial charge is 0.382 e. The van der Waals surface area contributed by atoms with Crippen LogP contribution in [0, 0.1) is 0 Å². The summed E-state index contributed by atoms with van der Waals surface area (Å²) in [6, 6.07) is 11.9. The van der Waals surface area contributed by atoms with Crippen LogP contribution in [-0.4, -0.2) is 24.3 Å². The van der Waals surface area contributed by atoms with E-state index >= 15 is 0 Å². The van der Waals surface area contributed by atoms with Crippen molar-refractivity contribution in [2.75, 3.05) is 24.7 Å². The molecule has 2 aromatic rings. The predicted molar refractivity (Wildman–Crippen MR) is 71.3 cm³/mol. The lowest BCUT2D eigenvalue weighted by atomic mass is 10.3. The Morgan fingerprint density at radius 1 is 1.00 bits per heavy atom. The van der Waals surface area contributed by atoms with Gasteiger partial charge < -0.3 is 10.6 Å². The molecule has 88 valence electrons. The zero-order valence-corrected chi connectivity index (χ0v) is 10.6. The molecule has 0 bridgehead atoms. The maximum atomic E-state index is 5.48. The zero-order valence-electron chi connectivity index (χ0n) is 9.79. The molecule has 2 rings (SSSR count). The summed E-state index contributed by atoms with van der Waals surface area (Å²) in [4.78, 5) is 3.20. The molecule has 0 spiro atoms. The number of nitrogen functional groups attached to an aromatic ring is 1. The standard InChI is InChI=1S/C12H14N4S/c1-16(2)9-3-5-10(6-4-9)17-12-8-7-11(13)14-15-12/h3-8H,1-2H3,(H2,13,14). The molecular weight excluding hydrogens is 232 g/mol. The molecule has 0 aliphatic rings. The lowest BCUT2D eigenvalue weighted by Crippen LogP contribution is -2.07. The fourth-order valence-electron chi connectivity index (χ4n) is 1.32. The third-order valence-corrected chi connectivity index (χ3v) is 3.17. The lowest BCUT2D eigenvalue weighted by molar-refractivity contribution is 0.939. The molecule has 0 saturated heterocycles. The van der Waals surface area contributed by atoms with Crippen LogP contribution in [0.25, 0.3) is 0 Å². The Morgan fingerprint density at radius 2 is 1.71 bits per heavy atom. The predicted octanol–water partition coefficient (Wildman–Crippen LogP) is 2.28. The van der Waals surface area contributed by atoms with Crippen molar-refractivity contribution in [3.05, 3.63) is 36.4 Å². The van der Waals surface area contributed by atoms with Gasteiger partial charge in [-0.25, -0.2) is 0 Å². The van der Waals surface area contributed by atoms with E-state index in [1.165, 1.54) is 5.69 Å². The maximum Gasteiger partial charge on any atom is 0.146 e. The van der Waals surface area contributed by atoms with Crippen LogP contribution in [0.1, 0.15) is 0 Å². The van der Waals surface area contributed by atoms with Crippen LogP contribution in [0.2, 0.25) is 0 Å². The number of anilines is 2. The maximum absolute atomic E-state index is 5.48. The minimum Gasteiger partial charge on any atom is -0.382 e. The highest BCUT2D eigenvalue weighted by Crippen LogP contribution is 2.27. The summed E-state index contributed by atoms with van der Waals surface area (Å²) in [6.07, 6.45) is 0. The minimum absolute atomic E-state index is 0.442. The number of aromatic nitrogens is 2. The summed E-state index contributed by atoms with van der Waals surface area (Å²) in [5, 5.41) is 8.67. The van der Waals surface area contributed by atoms with Crippen molar-refractivity contribution in [1.29, 1.82) is 0 Å². The summed E-state index contributed by atoms with van der Waals surface area (Å²) < 4.78 is 0. The van der Waals surface area contributed by atoms with Gasteiger partial charge in [-0.15, -0.1) is 10.2 Å². The van der Waals surface area contributed by atoms with Crippen LogP contribution >= 0.6 is 11.8 Å². The molecule has 1 aromatic carbocycles. The van der Waals surface area contributed by atoms with E-state index in [0.29, 0.717) is 5.82 Å². The molecule has 0 aliphatic heterocycles. The molecule has 1 aromatic heterocycles. The topological polar surface area (TPSA) is 55.0 Å². The van der Waals surface area contributed by atoms with Crippen LogP contribution in [0.3, 0.4) is 0 Å². The Morgan fingerprint density at radius 3 is 2.24 bits per heavy atom. The summed E-state index contributed by atoms with van der Waals surface area (Å²) in [6.45, 7) is 0. The van der Waals surface area contributed by atoms with Crippen molar-refractivity contribution >= 4 is 23.3 Å². The molecule has 1 heterocycles. The highest BCUT2D eigenvalue weighted by Gasteiger charge is 2.00. The lowest BCUT2D eigenvalue weighted by Gasteiger charge is -2.12. The van der Waals surface area contributed by atoms with Crippen LogP contribution in [0.4, 0.5) is 11.5 Å². The van der Waals surface area contributed by atoms with E-state index in [1.807, 2.05) is 20.2 Å². The second kappa shape index (κ2) is 5.05. The normalized spacial score (nSPS) is 10.2. The van der Waals surface area contributed by atoms with Crippen LogP contribution < -0.4 is 10.6 Å². The fraction of sp³-hybridized carbons (Fsp3) is 0.167. The molecule has 2 N–H and O–H groups in total. The van der Waals surface area contributed by atoms with Gasteiger partial charge in [0.15, 0.2) is 0 Å². The third kappa shape index (κ3) is 3.10. The van der Waals surface area contributed by atoms with E-state index in [4.69, 9.17) is 5.73 Å². The summed E-state index contributed by atoms with van der Waals surface area (Å²) in [5.41, 5.74) is 6.66. The van der Waals surface area contributed by atoms with Gasteiger partial charge in [0, 0.05) is 24.7 Å². The Hall–Kier alpha value is -1.75. The monoisotopic (exact) mass is 246 g/mol. The molecule has 0 aliphatic carbocycles. The molecule has 17 heavy (non-hydrogen) atoms. The van der Waals surface area contributed by atoms with Crippen molar-refractivity contribution < 1.29 is 0 Å². The fourth-order valence-corrected chi connectivity index (χ4v) is 2.05. The van der Waals surface area contributed by atoms with E-state index in [1.54, 1.807) is 17.8 Å². The van der Waals surface area contributed by atoms with Crippen molar-refractivity contribution in [1.82, 2.24) is 10.2 Å². The number of nitrogens with zero attached hydrogens (tertiary/aromatic N) is 3. The SMILES string of the molecule is CN(C)c1ccc(Sc2ccc(N)nn2)cc1. The van der Waals surface area contributed by atoms with Crippen LogP contribution in [0.5, 0.6) is 0 Å². The van der Waals surface area contributed by atoms with Gasteiger partial charge in [-0.3, -0.25) is 0 Å². The third-order valence-electron chi connectivity index (χ3n) is 2.24. The van der Waals surface area contributed by atoms with Gasteiger partial charge in [-0.05, 0) is 36.4 Å². The van der Waals surface area contributed by atoms with E-state index in [9.17, 15) is 0 Å². The molecular formula is C12H14N4S. The number of benzene rings is 1. The second-order valence-corrected chi connectivity index (χ2v) is 4.88. The smallest absolute Gasteiger partial charge is 0.146 e. The number of hydrogen-bond acceptors (Lipinski definition) is 5. The summed E-state index contributed by atoms with van der Waals surface area (Å²) >= 11 is 1.57. The average molecular weight is 246 g/mol. The summed E-state index contributed by atoms with van der Waals surface area (Å²) in [5.74, 6) is 0.442. The van der Waals surface area contributed by atoms with Crippen LogP contribution in [0.15, 0.2) is 46.3 Å². The Balaban J connectivity index is 2.11. The molecule has 0 fully saturated rings. The highest BCUT2D eigenvalue weighted by atomic mass is 32.2. The highest BCUT2D eigenvalue weighted by molar-refractivity contribution is 7.99. The Kier molecular flexibility index (Phi) is 3.49. The molecule has 5 heteroatoms. The van der Waals surface area contributed by atoms with Crippen molar-refractivity contribution in [3.8, 4) is 0 Å². The van der Waals surface area contributed by atoms with Crippen LogP contribution in [-0.2, 0) is 0 Å². The van der Waals surface area contributed by atoms with E-state index in [2.05, 4.69) is 39.4 Å². The van der Waals surface area contributed by atoms with Crippen molar-refractivity contribution in [3.63, 3.8) is 0 Å². The minimum atomic E-state index is 0.442. The number of hydrogen-bond donors (Lipinski definition) is 1. The molecule has 0 unspecified atom stereocenters. The van der Waals surface area contributed by atoms with Gasteiger partial charge in [0.25, 0.3) is 0 Å². The van der Waals surface area contributed by atoms with Gasteiger partial charge in [0.1, 0.15) is 10.8 Å². The zero-order chi connectivity index (χ0) is 12.3. The Labute approximate surface area is 105 Å². The van der Waals surface area contributed by atoms with E-state index < -0.39 is 0 Å². The van der Waals surface area contributed by atoms with Gasteiger partial charge >= 0.3 is 0 Å². The van der Waals surface area contributed by atoms with E-state index in [-0.39, 0.29) is 0 Å². The number of rotatable bonds is 3.